The molecule has 0 unspecified atom stereocenters. The molecule has 35 valence electrons. The van der Waals surface area contributed by atoms with Crippen molar-refractivity contribution in [2.45, 2.75) is 0 Å². The van der Waals surface area contributed by atoms with Gasteiger partial charge in [0.25, 0.3) is 0 Å². The van der Waals surface area contributed by atoms with Crippen molar-refractivity contribution in [1.29, 1.82) is 0 Å². The Hall–Kier alpha value is -1.12. The molecule has 0 bridgehead atoms. The molecule has 0 amide bonds. The van der Waals surface area contributed by atoms with Crippen LogP contribution in [0.15, 0.2) is 18.5 Å². The van der Waals surface area contributed by atoms with E-state index in [1.807, 2.05) is 0 Å². The topological polar surface area (TPSA) is 39.8 Å². The zero-order valence-corrected chi connectivity index (χ0v) is 3.53. The molecule has 1 rings (SSSR count). The van der Waals surface area contributed by atoms with Gasteiger partial charge in [0.15, 0.2) is 0 Å². The van der Waals surface area contributed by atoms with Crippen LogP contribution < -0.4 is 4.73 Å². The minimum atomic E-state index is 0.514. The van der Waals surface area contributed by atoms with Crippen LogP contribution in [0.2, 0.25) is 0 Å². The second-order valence-corrected chi connectivity index (χ2v) is 1.05. The van der Waals surface area contributed by atoms with Crippen molar-refractivity contribution in [2.75, 3.05) is 0 Å². The van der Waals surface area contributed by atoms with Gasteiger partial charge in [0.2, 0.25) is 0 Å². The Balaban J connectivity index is 3.02. The summed E-state index contributed by atoms with van der Waals surface area (Å²) in [4.78, 5) is 3.41. The number of aromatic nitrogens is 2. The van der Waals surface area contributed by atoms with Gasteiger partial charge in [-0.3, -0.25) is 0 Å². The van der Waals surface area contributed by atoms with E-state index < -0.39 is 0 Å². The average Bonchev–Trinajstić information content (AvgIpc) is 1.69. The highest BCUT2D eigenvalue weighted by Crippen LogP contribution is 1.63. The van der Waals surface area contributed by atoms with Gasteiger partial charge in [-0.2, -0.15) is 0 Å². The van der Waals surface area contributed by atoms with E-state index in [1.165, 1.54) is 12.4 Å². The van der Waals surface area contributed by atoms with Gasteiger partial charge in [0.05, 0.1) is 6.20 Å². The highest BCUT2D eigenvalue weighted by atomic mass is 16.5. The van der Waals surface area contributed by atoms with Gasteiger partial charge in [0, 0.05) is 6.07 Å². The number of hydrogen-bond donors (Lipinski definition) is 0. The zero-order valence-electron chi connectivity index (χ0n) is 3.53. The third kappa shape index (κ3) is 0.855. The van der Waals surface area contributed by atoms with Crippen molar-refractivity contribution in [2.24, 2.45) is 0 Å². The summed E-state index contributed by atoms with van der Waals surface area (Å²) < 4.78 is 0.514. The van der Waals surface area contributed by atoms with Crippen molar-refractivity contribution in [3.63, 3.8) is 0 Å². The summed E-state index contributed by atoms with van der Waals surface area (Å²) in [6.45, 7) is 0. The Morgan fingerprint density at radius 2 is 2.57 bits per heavy atom. The molecule has 0 aliphatic rings. The highest BCUT2D eigenvalue weighted by molar-refractivity contribution is 4.68. The molecule has 7 heavy (non-hydrogen) atoms. The SMILES string of the molecule is [O-][n+]1[c]nccc1. The van der Waals surface area contributed by atoms with Gasteiger partial charge in [-0.05, 0) is 4.98 Å². The zero-order chi connectivity index (χ0) is 5.11. The summed E-state index contributed by atoms with van der Waals surface area (Å²) in [7, 11) is 0. The van der Waals surface area contributed by atoms with Gasteiger partial charge >= 0.3 is 6.33 Å². The highest BCUT2D eigenvalue weighted by Gasteiger charge is 1.79. The van der Waals surface area contributed by atoms with Crippen LogP contribution >= 0.6 is 0 Å². The summed E-state index contributed by atoms with van der Waals surface area (Å²) in [5.74, 6) is 0. The second-order valence-electron chi connectivity index (χ2n) is 1.05. The maximum atomic E-state index is 10.1. The second kappa shape index (κ2) is 1.55. The summed E-state index contributed by atoms with van der Waals surface area (Å²) >= 11 is 0. The first-order chi connectivity index (χ1) is 3.39. The third-order valence-corrected chi connectivity index (χ3v) is 0.538. The van der Waals surface area contributed by atoms with E-state index in [-0.39, 0.29) is 0 Å². The molecule has 0 fully saturated rings. The third-order valence-electron chi connectivity index (χ3n) is 0.538. The number of nitrogens with zero attached hydrogens (tertiary/aromatic N) is 2. The lowest BCUT2D eigenvalue weighted by atomic mass is 10.7. The molecule has 1 aromatic heterocycles. The van der Waals surface area contributed by atoms with Crippen LogP contribution in [0, 0.1) is 11.5 Å². The van der Waals surface area contributed by atoms with Crippen LogP contribution in [-0.4, -0.2) is 4.98 Å². The van der Waals surface area contributed by atoms with E-state index in [2.05, 4.69) is 11.3 Å². The molecule has 3 nitrogen and oxygen atoms in total. The largest absolute Gasteiger partial charge is 0.710 e. The smallest absolute Gasteiger partial charge is 0.421 e. The van der Waals surface area contributed by atoms with Crippen LogP contribution in [0.4, 0.5) is 0 Å². The fourth-order valence-electron chi connectivity index (χ4n) is 0.283. The van der Waals surface area contributed by atoms with Crippen LogP contribution in [0.3, 0.4) is 0 Å². The summed E-state index contributed by atoms with van der Waals surface area (Å²) in [6.07, 6.45) is 4.96. The minimum Gasteiger partial charge on any atom is -0.710 e. The van der Waals surface area contributed by atoms with Gasteiger partial charge < -0.3 is 5.21 Å². The van der Waals surface area contributed by atoms with Crippen molar-refractivity contribution in [1.82, 2.24) is 4.98 Å². The fourth-order valence-corrected chi connectivity index (χ4v) is 0.283. The Bertz CT molecular complexity index is 140. The van der Waals surface area contributed by atoms with Gasteiger partial charge in [0.1, 0.15) is 6.20 Å². The summed E-state index contributed by atoms with van der Waals surface area (Å²) in [6, 6.07) is 1.55. The van der Waals surface area contributed by atoms with Crippen molar-refractivity contribution in [3.05, 3.63) is 30.0 Å². The molecule has 0 aromatic carbocycles. The molecule has 3 heteroatoms. The van der Waals surface area contributed by atoms with Crippen LogP contribution in [0.1, 0.15) is 0 Å². The lowest BCUT2D eigenvalue weighted by Gasteiger charge is -1.90. The molecule has 0 atom stereocenters. The molecular weight excluding hydrogens is 92.1 g/mol. The summed E-state index contributed by atoms with van der Waals surface area (Å²) in [5.41, 5.74) is 0. The quantitative estimate of drug-likeness (QED) is 0.322. The lowest BCUT2D eigenvalue weighted by Crippen LogP contribution is -2.24. The molecule has 0 saturated heterocycles. The minimum absolute atomic E-state index is 0.514. The van der Waals surface area contributed by atoms with E-state index in [0.29, 0.717) is 4.73 Å². The maximum Gasteiger partial charge on any atom is 0.421 e. The first-order valence-electron chi connectivity index (χ1n) is 1.81. The number of hydrogen-bond acceptors (Lipinski definition) is 2. The van der Waals surface area contributed by atoms with Crippen molar-refractivity contribution in [3.8, 4) is 0 Å². The van der Waals surface area contributed by atoms with Crippen LogP contribution in [-0.2, 0) is 0 Å². The fraction of sp³-hybridized carbons (Fsp3) is 0. The van der Waals surface area contributed by atoms with E-state index in [9.17, 15) is 5.21 Å². The molecule has 0 aliphatic carbocycles. The predicted molar refractivity (Wildman–Crippen MR) is 22.0 cm³/mol. The van der Waals surface area contributed by atoms with Gasteiger partial charge in [-0.1, -0.05) is 0 Å². The van der Waals surface area contributed by atoms with Gasteiger partial charge in [-0.25, -0.2) is 4.73 Å². The maximum absolute atomic E-state index is 10.1. The Kier molecular flexibility index (Phi) is 0.898. The van der Waals surface area contributed by atoms with Gasteiger partial charge in [-0.15, -0.1) is 0 Å². The van der Waals surface area contributed by atoms with Crippen LogP contribution in [0.5, 0.6) is 0 Å². The predicted octanol–water partition coefficient (Wildman–Crippen LogP) is -0.485. The molecule has 0 saturated carbocycles. The standard InChI is InChI=1S/C4H3N2O/c7-6-3-1-2-5-4-6/h1-3H. The van der Waals surface area contributed by atoms with E-state index in [1.54, 1.807) is 6.07 Å². The Morgan fingerprint density at radius 3 is 2.86 bits per heavy atom. The molecule has 1 heterocycles. The first-order valence-corrected chi connectivity index (χ1v) is 1.81. The first kappa shape index (κ1) is 4.05. The number of rotatable bonds is 0. The average molecular weight is 95.1 g/mol. The molecule has 0 aliphatic heterocycles. The van der Waals surface area contributed by atoms with E-state index in [0.717, 1.165) is 0 Å². The monoisotopic (exact) mass is 95.0 g/mol. The van der Waals surface area contributed by atoms with Crippen molar-refractivity contribution < 1.29 is 4.73 Å². The molecule has 1 radical (unpaired) electrons. The summed E-state index contributed by atoms with van der Waals surface area (Å²) in [5, 5.41) is 10.1. The Morgan fingerprint density at radius 1 is 1.71 bits per heavy atom. The molecule has 0 spiro atoms. The lowest BCUT2D eigenvalue weighted by molar-refractivity contribution is -0.613. The molecular formula is C4H3N2O. The molecule has 0 N–H and O–H groups in total. The molecule has 1 aromatic rings. The van der Waals surface area contributed by atoms with E-state index in [4.69, 9.17) is 0 Å². The Labute approximate surface area is 40.8 Å². The van der Waals surface area contributed by atoms with Crippen molar-refractivity contribution >= 4 is 0 Å². The van der Waals surface area contributed by atoms with E-state index >= 15 is 0 Å². The van der Waals surface area contributed by atoms with Crippen LogP contribution in [0.25, 0.3) is 0 Å². The normalized spacial score (nSPS) is 8.57.